The molecule has 110 valence electrons. The van der Waals surface area contributed by atoms with Gasteiger partial charge in [-0.25, -0.2) is 0 Å². The number of carbonyl (C=O) groups is 1. The predicted octanol–water partition coefficient (Wildman–Crippen LogP) is 3.29. The number of nitrogens with two attached hydrogens (primary N) is 1. The highest BCUT2D eigenvalue weighted by atomic mass is 35.5. The Kier molecular flexibility index (Phi) is 4.71. The lowest BCUT2D eigenvalue weighted by Crippen LogP contribution is -2.59. The summed E-state index contributed by atoms with van der Waals surface area (Å²) in [6, 6.07) is 5.41. The molecule has 20 heavy (non-hydrogen) atoms. The van der Waals surface area contributed by atoms with Gasteiger partial charge < -0.3 is 11.1 Å². The molecular formula is C16H23ClN2O. The fourth-order valence-corrected chi connectivity index (χ4v) is 3.17. The maximum atomic E-state index is 12.5. The van der Waals surface area contributed by atoms with Crippen LogP contribution < -0.4 is 11.1 Å². The molecule has 0 saturated heterocycles. The summed E-state index contributed by atoms with van der Waals surface area (Å²) < 4.78 is 0. The maximum Gasteiger partial charge on any atom is 0.251 e. The fourth-order valence-electron chi connectivity index (χ4n) is 2.99. The average molecular weight is 295 g/mol. The van der Waals surface area contributed by atoms with Crippen molar-refractivity contribution in [2.45, 2.75) is 45.1 Å². The van der Waals surface area contributed by atoms with E-state index in [1.807, 2.05) is 19.1 Å². The number of halogens is 1. The Morgan fingerprint density at radius 2 is 2.25 bits per heavy atom. The Labute approximate surface area is 125 Å². The van der Waals surface area contributed by atoms with Crippen LogP contribution in [0.3, 0.4) is 0 Å². The molecule has 1 aliphatic carbocycles. The summed E-state index contributed by atoms with van der Waals surface area (Å²) in [5, 5.41) is 3.79. The molecule has 1 aliphatic rings. The van der Waals surface area contributed by atoms with Gasteiger partial charge in [0.2, 0.25) is 0 Å². The van der Waals surface area contributed by atoms with Gasteiger partial charge in [0, 0.05) is 17.1 Å². The van der Waals surface area contributed by atoms with Crippen molar-refractivity contribution in [2.75, 3.05) is 6.54 Å². The third-order valence-electron chi connectivity index (χ3n) is 4.61. The van der Waals surface area contributed by atoms with Crippen molar-refractivity contribution in [1.29, 1.82) is 0 Å². The molecule has 0 radical (unpaired) electrons. The first-order valence-electron chi connectivity index (χ1n) is 7.27. The number of nitrogens with one attached hydrogen (secondary N) is 1. The smallest absolute Gasteiger partial charge is 0.251 e. The first-order valence-corrected chi connectivity index (χ1v) is 7.65. The van der Waals surface area contributed by atoms with Crippen LogP contribution in [0.25, 0.3) is 0 Å². The van der Waals surface area contributed by atoms with E-state index in [4.69, 9.17) is 17.3 Å². The van der Waals surface area contributed by atoms with Gasteiger partial charge in [0.25, 0.3) is 5.91 Å². The van der Waals surface area contributed by atoms with Crippen molar-refractivity contribution < 1.29 is 4.79 Å². The van der Waals surface area contributed by atoms with Gasteiger partial charge >= 0.3 is 0 Å². The van der Waals surface area contributed by atoms with Crippen molar-refractivity contribution in [1.82, 2.24) is 5.32 Å². The zero-order valence-corrected chi connectivity index (χ0v) is 13.0. The first kappa shape index (κ1) is 15.3. The van der Waals surface area contributed by atoms with E-state index in [-0.39, 0.29) is 11.4 Å². The van der Waals surface area contributed by atoms with Crippen LogP contribution in [0, 0.1) is 12.8 Å². The average Bonchev–Trinajstić information content (AvgIpc) is 2.44. The van der Waals surface area contributed by atoms with Crippen molar-refractivity contribution in [3.8, 4) is 0 Å². The zero-order chi connectivity index (χ0) is 14.8. The van der Waals surface area contributed by atoms with E-state index in [1.165, 1.54) is 6.42 Å². The van der Waals surface area contributed by atoms with Gasteiger partial charge in [-0.1, -0.05) is 37.4 Å². The monoisotopic (exact) mass is 294 g/mol. The molecule has 1 fully saturated rings. The van der Waals surface area contributed by atoms with Gasteiger partial charge in [0.05, 0.1) is 5.54 Å². The summed E-state index contributed by atoms with van der Waals surface area (Å²) in [7, 11) is 0. The Balaban J connectivity index is 2.18. The molecule has 2 rings (SSSR count). The van der Waals surface area contributed by atoms with Gasteiger partial charge in [0.15, 0.2) is 0 Å². The molecule has 1 amide bonds. The van der Waals surface area contributed by atoms with Crippen LogP contribution in [0.5, 0.6) is 0 Å². The molecule has 1 saturated carbocycles. The predicted molar refractivity (Wildman–Crippen MR) is 83.1 cm³/mol. The first-order chi connectivity index (χ1) is 9.48. The molecule has 3 nitrogen and oxygen atoms in total. The van der Waals surface area contributed by atoms with Crippen LogP contribution in [0.1, 0.15) is 48.5 Å². The number of carbonyl (C=O) groups excluding carboxylic acids is 1. The van der Waals surface area contributed by atoms with E-state index in [9.17, 15) is 4.79 Å². The minimum Gasteiger partial charge on any atom is -0.345 e. The standard InChI is InChI=1S/C16H23ClN2O/c1-11-6-7-13(9-14(11)17)15(20)19-16(10-18)8-4-3-5-12(16)2/h6-7,9,12H,3-5,8,10,18H2,1-2H3,(H,19,20). The van der Waals surface area contributed by atoms with Gasteiger partial charge in [-0.15, -0.1) is 0 Å². The molecule has 1 aromatic carbocycles. The summed E-state index contributed by atoms with van der Waals surface area (Å²) in [6.45, 7) is 4.59. The number of hydrogen-bond donors (Lipinski definition) is 2. The maximum absolute atomic E-state index is 12.5. The SMILES string of the molecule is Cc1ccc(C(=O)NC2(CN)CCCCC2C)cc1Cl. The van der Waals surface area contributed by atoms with Crippen LogP contribution in [0.15, 0.2) is 18.2 Å². The lowest BCUT2D eigenvalue weighted by atomic mass is 9.73. The largest absolute Gasteiger partial charge is 0.345 e. The molecule has 1 aromatic rings. The lowest BCUT2D eigenvalue weighted by molar-refractivity contribution is 0.0813. The van der Waals surface area contributed by atoms with Crippen LogP contribution in [-0.4, -0.2) is 18.0 Å². The normalized spacial score (nSPS) is 26.3. The van der Waals surface area contributed by atoms with Crippen LogP contribution in [0.2, 0.25) is 5.02 Å². The number of rotatable bonds is 3. The second-order valence-corrected chi connectivity index (χ2v) is 6.33. The lowest BCUT2D eigenvalue weighted by Gasteiger charge is -2.42. The third kappa shape index (κ3) is 2.99. The second-order valence-electron chi connectivity index (χ2n) is 5.93. The van der Waals surface area contributed by atoms with E-state index < -0.39 is 0 Å². The van der Waals surface area contributed by atoms with Crippen molar-refractivity contribution in [3.05, 3.63) is 34.3 Å². The molecule has 0 heterocycles. The van der Waals surface area contributed by atoms with Crippen LogP contribution in [0.4, 0.5) is 0 Å². The molecule has 0 aliphatic heterocycles. The zero-order valence-electron chi connectivity index (χ0n) is 12.2. The van der Waals surface area contributed by atoms with Gasteiger partial charge in [-0.2, -0.15) is 0 Å². The number of benzene rings is 1. The molecule has 4 heteroatoms. The molecule has 2 unspecified atom stereocenters. The highest BCUT2D eigenvalue weighted by molar-refractivity contribution is 6.31. The Hall–Kier alpha value is -1.06. The van der Waals surface area contributed by atoms with Gasteiger partial charge in [0.1, 0.15) is 0 Å². The highest BCUT2D eigenvalue weighted by Gasteiger charge is 2.38. The highest BCUT2D eigenvalue weighted by Crippen LogP contribution is 2.33. The quantitative estimate of drug-likeness (QED) is 0.899. The minimum absolute atomic E-state index is 0.0777. The third-order valence-corrected chi connectivity index (χ3v) is 5.02. The van der Waals surface area contributed by atoms with E-state index >= 15 is 0 Å². The summed E-state index contributed by atoms with van der Waals surface area (Å²) in [5.41, 5.74) is 7.27. The Bertz CT molecular complexity index is 503. The Morgan fingerprint density at radius 1 is 1.50 bits per heavy atom. The summed E-state index contributed by atoms with van der Waals surface area (Å²) >= 11 is 6.09. The number of aryl methyl sites for hydroxylation is 1. The second kappa shape index (κ2) is 6.15. The Morgan fingerprint density at radius 3 is 2.85 bits per heavy atom. The number of hydrogen-bond acceptors (Lipinski definition) is 2. The van der Waals surface area contributed by atoms with Crippen molar-refractivity contribution in [3.63, 3.8) is 0 Å². The molecular weight excluding hydrogens is 272 g/mol. The molecule has 0 aromatic heterocycles. The van der Waals surface area contributed by atoms with Crippen molar-refractivity contribution >= 4 is 17.5 Å². The molecule has 0 bridgehead atoms. The minimum atomic E-state index is -0.271. The van der Waals surface area contributed by atoms with E-state index in [0.29, 0.717) is 23.0 Å². The van der Waals surface area contributed by atoms with Crippen LogP contribution in [-0.2, 0) is 0 Å². The van der Waals surface area contributed by atoms with E-state index in [0.717, 1.165) is 24.8 Å². The van der Waals surface area contributed by atoms with Gasteiger partial charge in [-0.05, 0) is 43.4 Å². The summed E-state index contributed by atoms with van der Waals surface area (Å²) in [4.78, 5) is 12.5. The van der Waals surface area contributed by atoms with Crippen molar-refractivity contribution in [2.24, 2.45) is 11.7 Å². The van der Waals surface area contributed by atoms with E-state index in [1.54, 1.807) is 6.07 Å². The molecule has 3 N–H and O–H groups in total. The fraction of sp³-hybridized carbons (Fsp3) is 0.562. The summed E-state index contributed by atoms with van der Waals surface area (Å²) in [6.07, 6.45) is 4.41. The topological polar surface area (TPSA) is 55.1 Å². The molecule has 0 spiro atoms. The summed E-state index contributed by atoms with van der Waals surface area (Å²) in [5.74, 6) is 0.331. The van der Waals surface area contributed by atoms with Gasteiger partial charge in [-0.3, -0.25) is 4.79 Å². The molecule has 2 atom stereocenters. The number of amides is 1. The van der Waals surface area contributed by atoms with E-state index in [2.05, 4.69) is 12.2 Å². The van der Waals surface area contributed by atoms with Crippen LogP contribution >= 0.6 is 11.6 Å².